The minimum absolute atomic E-state index is 0.0715. The van der Waals surface area contributed by atoms with Crippen molar-refractivity contribution in [2.45, 2.75) is 6.61 Å². The molecule has 0 radical (unpaired) electrons. The number of ether oxygens (including phenoxy) is 1. The fraction of sp³-hybridized carbons (Fsp3) is 0.125. The molecule has 0 saturated heterocycles. The number of hydrogen-bond donors (Lipinski definition) is 1. The number of nitrogens with two attached hydrogens (primary N) is 1. The fourth-order valence-electron chi connectivity index (χ4n) is 1.59. The zero-order valence-corrected chi connectivity index (χ0v) is 10.7. The molecule has 2 aromatic rings. The maximum Gasteiger partial charge on any atom is 0.131 e. The second kappa shape index (κ2) is 6.69. The molecule has 2 aromatic carbocycles. The molecule has 0 fully saturated rings. The first kappa shape index (κ1) is 14.0. The Hall–Kier alpha value is -2.38. The lowest BCUT2D eigenvalue weighted by molar-refractivity contribution is 0.299. The van der Waals surface area contributed by atoms with Crippen molar-refractivity contribution in [3.63, 3.8) is 0 Å². The minimum atomic E-state index is -0.393. The van der Waals surface area contributed by atoms with Gasteiger partial charge in [-0.2, -0.15) is 0 Å². The summed E-state index contributed by atoms with van der Waals surface area (Å²) in [5.41, 5.74) is 6.23. The Morgan fingerprint density at radius 1 is 1.05 bits per heavy atom. The third-order valence-electron chi connectivity index (χ3n) is 2.60. The molecule has 2 nitrogen and oxygen atoms in total. The Kier molecular flexibility index (Phi) is 4.70. The van der Waals surface area contributed by atoms with Gasteiger partial charge in [-0.05, 0) is 36.4 Å². The highest BCUT2D eigenvalue weighted by atomic mass is 19.1. The number of hydrogen-bond acceptors (Lipinski definition) is 2. The zero-order chi connectivity index (χ0) is 14.4. The van der Waals surface area contributed by atoms with Crippen molar-refractivity contribution >= 4 is 0 Å². The van der Waals surface area contributed by atoms with Crippen LogP contribution in [0, 0.1) is 23.5 Å². The predicted octanol–water partition coefficient (Wildman–Crippen LogP) is 2.85. The lowest BCUT2D eigenvalue weighted by Gasteiger charge is -2.07. The van der Waals surface area contributed by atoms with E-state index in [4.69, 9.17) is 10.5 Å². The van der Waals surface area contributed by atoms with Gasteiger partial charge in [0, 0.05) is 11.1 Å². The number of rotatable bonds is 3. The van der Waals surface area contributed by atoms with Crippen LogP contribution >= 0.6 is 0 Å². The third-order valence-corrected chi connectivity index (χ3v) is 2.60. The van der Waals surface area contributed by atoms with E-state index in [1.807, 2.05) is 0 Å². The summed E-state index contributed by atoms with van der Waals surface area (Å²) < 4.78 is 31.9. The summed E-state index contributed by atoms with van der Waals surface area (Å²) in [5.74, 6) is 5.16. The lowest BCUT2D eigenvalue weighted by atomic mass is 10.1. The van der Waals surface area contributed by atoms with Gasteiger partial charge in [0.05, 0.1) is 6.54 Å². The first-order valence-corrected chi connectivity index (χ1v) is 6.05. The minimum Gasteiger partial charge on any atom is -0.489 e. The lowest BCUT2D eigenvalue weighted by Crippen LogP contribution is -1.99. The molecule has 0 aliphatic rings. The Labute approximate surface area is 116 Å². The molecular weight excluding hydrogens is 260 g/mol. The molecule has 0 amide bonds. The van der Waals surface area contributed by atoms with Crippen molar-refractivity contribution in [1.82, 2.24) is 0 Å². The van der Waals surface area contributed by atoms with E-state index in [1.165, 1.54) is 30.3 Å². The first-order chi connectivity index (χ1) is 9.69. The van der Waals surface area contributed by atoms with E-state index in [1.54, 1.807) is 12.1 Å². The number of benzene rings is 2. The van der Waals surface area contributed by atoms with Crippen LogP contribution in [-0.2, 0) is 6.61 Å². The molecule has 4 heteroatoms. The van der Waals surface area contributed by atoms with Crippen molar-refractivity contribution in [2.24, 2.45) is 5.73 Å². The molecule has 2 rings (SSSR count). The van der Waals surface area contributed by atoms with Crippen molar-refractivity contribution in [3.8, 4) is 17.6 Å². The summed E-state index contributed by atoms with van der Waals surface area (Å²) in [6, 6.07) is 10.2. The van der Waals surface area contributed by atoms with Gasteiger partial charge in [0.15, 0.2) is 0 Å². The topological polar surface area (TPSA) is 35.2 Å². The number of halogens is 2. The standard InChI is InChI=1S/C16H13F2NO/c17-14-5-7-15(8-6-14)20-11-13-4-3-12(2-1-9-19)10-16(13)18/h3-8,10H,9,11,19H2. The van der Waals surface area contributed by atoms with Crippen LogP contribution in [0.15, 0.2) is 42.5 Å². The van der Waals surface area contributed by atoms with Crippen molar-refractivity contribution in [2.75, 3.05) is 6.54 Å². The SMILES string of the molecule is NCC#Cc1ccc(COc2ccc(F)cc2)c(F)c1. The van der Waals surface area contributed by atoms with E-state index in [-0.39, 0.29) is 19.0 Å². The van der Waals surface area contributed by atoms with Gasteiger partial charge in [-0.15, -0.1) is 0 Å². The van der Waals surface area contributed by atoms with E-state index in [9.17, 15) is 8.78 Å². The third kappa shape index (κ3) is 3.81. The van der Waals surface area contributed by atoms with Gasteiger partial charge in [-0.25, -0.2) is 8.78 Å². The van der Waals surface area contributed by atoms with Crippen LogP contribution in [0.25, 0.3) is 0 Å². The van der Waals surface area contributed by atoms with Crippen LogP contribution in [0.4, 0.5) is 8.78 Å². The molecule has 0 saturated carbocycles. The molecule has 102 valence electrons. The van der Waals surface area contributed by atoms with Crippen molar-refractivity contribution in [1.29, 1.82) is 0 Å². The Bertz CT molecular complexity index is 642. The molecule has 0 unspecified atom stereocenters. The molecule has 0 aliphatic carbocycles. The zero-order valence-electron chi connectivity index (χ0n) is 10.7. The molecule has 0 aliphatic heterocycles. The van der Waals surface area contributed by atoms with Crippen LogP contribution in [0.1, 0.15) is 11.1 Å². The second-order valence-corrected chi connectivity index (χ2v) is 4.05. The second-order valence-electron chi connectivity index (χ2n) is 4.05. The maximum absolute atomic E-state index is 13.8. The summed E-state index contributed by atoms with van der Waals surface area (Å²) in [7, 11) is 0. The Balaban J connectivity index is 2.04. The molecule has 0 heterocycles. The molecule has 2 N–H and O–H groups in total. The maximum atomic E-state index is 13.8. The Morgan fingerprint density at radius 2 is 1.80 bits per heavy atom. The van der Waals surface area contributed by atoms with Gasteiger partial charge in [-0.1, -0.05) is 17.9 Å². The van der Waals surface area contributed by atoms with Gasteiger partial charge in [0.2, 0.25) is 0 Å². The van der Waals surface area contributed by atoms with Crippen LogP contribution in [0.2, 0.25) is 0 Å². The van der Waals surface area contributed by atoms with E-state index in [0.29, 0.717) is 16.9 Å². The summed E-state index contributed by atoms with van der Waals surface area (Å²) in [6.07, 6.45) is 0. The molecule has 0 aromatic heterocycles. The van der Waals surface area contributed by atoms with E-state index in [2.05, 4.69) is 11.8 Å². The van der Waals surface area contributed by atoms with Gasteiger partial charge in [0.1, 0.15) is 24.0 Å². The molecular formula is C16H13F2NO. The normalized spacial score (nSPS) is 9.75. The van der Waals surface area contributed by atoms with Crippen LogP contribution in [-0.4, -0.2) is 6.54 Å². The van der Waals surface area contributed by atoms with Gasteiger partial charge in [0.25, 0.3) is 0 Å². The summed E-state index contributed by atoms with van der Waals surface area (Å²) in [4.78, 5) is 0. The predicted molar refractivity (Wildman–Crippen MR) is 73.1 cm³/mol. The van der Waals surface area contributed by atoms with E-state index >= 15 is 0 Å². The molecule has 0 atom stereocenters. The average molecular weight is 273 g/mol. The highest BCUT2D eigenvalue weighted by Gasteiger charge is 2.04. The smallest absolute Gasteiger partial charge is 0.131 e. The monoisotopic (exact) mass is 273 g/mol. The van der Waals surface area contributed by atoms with E-state index < -0.39 is 5.82 Å². The molecule has 0 bridgehead atoms. The quantitative estimate of drug-likeness (QED) is 0.873. The van der Waals surface area contributed by atoms with Crippen molar-refractivity contribution < 1.29 is 13.5 Å². The van der Waals surface area contributed by atoms with Gasteiger partial charge in [-0.3, -0.25) is 0 Å². The molecule has 20 heavy (non-hydrogen) atoms. The summed E-state index contributed by atoms with van der Waals surface area (Å²) >= 11 is 0. The highest BCUT2D eigenvalue weighted by Crippen LogP contribution is 2.16. The van der Waals surface area contributed by atoms with Crippen LogP contribution < -0.4 is 10.5 Å². The van der Waals surface area contributed by atoms with Gasteiger partial charge >= 0.3 is 0 Å². The van der Waals surface area contributed by atoms with Crippen molar-refractivity contribution in [3.05, 3.63) is 65.2 Å². The average Bonchev–Trinajstić information content (AvgIpc) is 2.46. The van der Waals surface area contributed by atoms with Gasteiger partial charge < -0.3 is 10.5 Å². The fourth-order valence-corrected chi connectivity index (χ4v) is 1.59. The first-order valence-electron chi connectivity index (χ1n) is 6.05. The highest BCUT2D eigenvalue weighted by molar-refractivity contribution is 5.37. The summed E-state index contributed by atoms with van der Waals surface area (Å²) in [6.45, 7) is 0.305. The van der Waals surface area contributed by atoms with Crippen LogP contribution in [0.3, 0.4) is 0 Å². The molecule has 0 spiro atoms. The van der Waals surface area contributed by atoms with E-state index in [0.717, 1.165) is 0 Å². The summed E-state index contributed by atoms with van der Waals surface area (Å²) in [5, 5.41) is 0. The largest absolute Gasteiger partial charge is 0.489 e. The van der Waals surface area contributed by atoms with Crippen LogP contribution in [0.5, 0.6) is 5.75 Å². The Morgan fingerprint density at radius 3 is 2.45 bits per heavy atom.